The number of nitrogens with one attached hydrogen (secondary N) is 3. The van der Waals surface area contributed by atoms with E-state index in [0.29, 0.717) is 40.2 Å². The number of amides is 1. The third-order valence-electron chi connectivity index (χ3n) is 5.63. The lowest BCUT2D eigenvalue weighted by molar-refractivity contribution is -0.103. The van der Waals surface area contributed by atoms with Gasteiger partial charge in [-0.25, -0.2) is 15.0 Å². The van der Waals surface area contributed by atoms with E-state index in [9.17, 15) is 9.59 Å². The maximum atomic E-state index is 12.6. The SMILES string of the molecule is CC#CC=O.CN1CCC(Nc2ncnc(N)c2C(=N)c2ccc(C(=O)Nc3cc(C#N)ccn3)cc2)C1. The fourth-order valence-corrected chi connectivity index (χ4v) is 3.75. The van der Waals surface area contributed by atoms with Crippen LogP contribution >= 0.6 is 0 Å². The van der Waals surface area contributed by atoms with Gasteiger partial charge in [0.25, 0.3) is 5.91 Å². The second kappa shape index (κ2) is 13.3. The molecule has 1 atom stereocenters. The molecule has 1 amide bonds. The van der Waals surface area contributed by atoms with Crippen LogP contribution in [-0.4, -0.2) is 63.9 Å². The van der Waals surface area contributed by atoms with Gasteiger partial charge in [-0.15, -0.1) is 0 Å². The van der Waals surface area contributed by atoms with E-state index in [2.05, 4.69) is 49.4 Å². The molecule has 1 saturated heterocycles. The molecule has 1 aliphatic heterocycles. The number of hydrogen-bond donors (Lipinski definition) is 4. The molecular weight excluding hydrogens is 482 g/mol. The van der Waals surface area contributed by atoms with E-state index >= 15 is 0 Å². The quantitative estimate of drug-likeness (QED) is 0.221. The molecule has 0 spiro atoms. The summed E-state index contributed by atoms with van der Waals surface area (Å²) in [4.78, 5) is 36.4. The zero-order chi connectivity index (χ0) is 27.5. The van der Waals surface area contributed by atoms with Crippen LogP contribution in [-0.2, 0) is 4.79 Å². The fraction of sp³-hybridized carbons (Fsp3) is 0.222. The van der Waals surface area contributed by atoms with Gasteiger partial charge >= 0.3 is 0 Å². The number of benzene rings is 1. The molecule has 0 saturated carbocycles. The van der Waals surface area contributed by atoms with Crippen molar-refractivity contribution < 1.29 is 9.59 Å². The van der Waals surface area contributed by atoms with Crippen molar-refractivity contribution in [3.05, 3.63) is 71.2 Å². The Kier molecular flexibility index (Phi) is 9.58. The molecule has 192 valence electrons. The maximum absolute atomic E-state index is 12.6. The first kappa shape index (κ1) is 27.5. The number of likely N-dealkylation sites (N-methyl/N-ethyl adjacent to an activating group) is 1. The van der Waals surface area contributed by atoms with Crippen molar-refractivity contribution in [3.63, 3.8) is 0 Å². The van der Waals surface area contributed by atoms with Gasteiger partial charge in [-0.2, -0.15) is 5.26 Å². The molecule has 11 nitrogen and oxygen atoms in total. The second-order valence-corrected chi connectivity index (χ2v) is 8.33. The highest BCUT2D eigenvalue weighted by Crippen LogP contribution is 2.24. The first-order valence-corrected chi connectivity index (χ1v) is 11.6. The third-order valence-corrected chi connectivity index (χ3v) is 5.63. The summed E-state index contributed by atoms with van der Waals surface area (Å²) in [6, 6.07) is 11.9. The average molecular weight is 510 g/mol. The average Bonchev–Trinajstić information content (AvgIpc) is 3.33. The second-order valence-electron chi connectivity index (χ2n) is 8.33. The predicted octanol–water partition coefficient (Wildman–Crippen LogP) is 2.32. The number of likely N-dealkylation sites (tertiary alicyclic amines) is 1. The summed E-state index contributed by atoms with van der Waals surface area (Å²) in [5.74, 6) is 5.24. The van der Waals surface area contributed by atoms with Crippen molar-refractivity contribution in [1.82, 2.24) is 19.9 Å². The van der Waals surface area contributed by atoms with Gasteiger partial charge in [-0.1, -0.05) is 18.1 Å². The van der Waals surface area contributed by atoms with Crippen LogP contribution in [0.25, 0.3) is 0 Å². The number of nitrogen functional groups attached to an aromatic ring is 1. The molecule has 1 unspecified atom stereocenters. The van der Waals surface area contributed by atoms with Crippen LogP contribution in [0.5, 0.6) is 0 Å². The molecule has 11 heteroatoms. The molecule has 38 heavy (non-hydrogen) atoms. The van der Waals surface area contributed by atoms with E-state index in [1.165, 1.54) is 18.6 Å². The number of rotatable bonds is 6. The molecule has 1 aliphatic rings. The van der Waals surface area contributed by atoms with Crippen molar-refractivity contribution in [2.45, 2.75) is 19.4 Å². The van der Waals surface area contributed by atoms with Crippen molar-refractivity contribution in [1.29, 1.82) is 10.7 Å². The lowest BCUT2D eigenvalue weighted by Crippen LogP contribution is -2.26. The minimum atomic E-state index is -0.370. The van der Waals surface area contributed by atoms with Gasteiger partial charge in [-0.3, -0.25) is 15.0 Å². The molecule has 1 fully saturated rings. The zero-order valence-electron chi connectivity index (χ0n) is 21.0. The number of aldehydes is 1. The van der Waals surface area contributed by atoms with Crippen LogP contribution in [0.15, 0.2) is 48.9 Å². The normalized spacial score (nSPS) is 14.1. The number of aromatic nitrogens is 3. The monoisotopic (exact) mass is 509 g/mol. The third kappa shape index (κ3) is 7.20. The Morgan fingerprint density at radius 2 is 1.95 bits per heavy atom. The minimum Gasteiger partial charge on any atom is -0.383 e. The van der Waals surface area contributed by atoms with Crippen molar-refractivity contribution in [2.75, 3.05) is 36.5 Å². The van der Waals surface area contributed by atoms with E-state index in [1.807, 2.05) is 6.07 Å². The Labute approximate surface area is 220 Å². The largest absolute Gasteiger partial charge is 0.383 e. The molecule has 1 aromatic carbocycles. The molecule has 3 heterocycles. The van der Waals surface area contributed by atoms with Crippen LogP contribution in [0.1, 0.15) is 40.4 Å². The van der Waals surface area contributed by atoms with Gasteiger partial charge < -0.3 is 21.3 Å². The van der Waals surface area contributed by atoms with E-state index in [0.717, 1.165) is 19.5 Å². The lowest BCUT2D eigenvalue weighted by Gasteiger charge is -2.18. The smallest absolute Gasteiger partial charge is 0.256 e. The molecule has 0 aliphatic carbocycles. The lowest BCUT2D eigenvalue weighted by atomic mass is 10.0. The highest BCUT2D eigenvalue weighted by molar-refractivity contribution is 6.16. The summed E-state index contributed by atoms with van der Waals surface area (Å²) in [5, 5.41) is 23.8. The molecular formula is C27H27N9O2. The van der Waals surface area contributed by atoms with Gasteiger partial charge in [0.2, 0.25) is 0 Å². The Hall–Kier alpha value is -5.13. The first-order valence-electron chi connectivity index (χ1n) is 11.6. The number of nitrogens with zero attached hydrogens (tertiary/aromatic N) is 5. The zero-order valence-corrected chi connectivity index (χ0v) is 21.0. The van der Waals surface area contributed by atoms with Crippen molar-refractivity contribution in [2.24, 2.45) is 0 Å². The topological polar surface area (TPSA) is 174 Å². The van der Waals surface area contributed by atoms with Gasteiger partial charge in [0.1, 0.15) is 23.8 Å². The molecule has 0 bridgehead atoms. The first-order chi connectivity index (χ1) is 18.4. The summed E-state index contributed by atoms with van der Waals surface area (Å²) in [6.07, 6.45) is 4.39. The Bertz CT molecular complexity index is 1420. The molecule has 4 rings (SSSR count). The van der Waals surface area contributed by atoms with Gasteiger partial charge in [0.05, 0.1) is 22.9 Å². The van der Waals surface area contributed by atoms with Gasteiger partial charge in [0, 0.05) is 29.9 Å². The number of hydrogen-bond acceptors (Lipinski definition) is 10. The van der Waals surface area contributed by atoms with E-state index in [-0.39, 0.29) is 23.5 Å². The number of nitriles is 1. The number of nitrogens with two attached hydrogens (primary N) is 1. The number of anilines is 3. The molecule has 0 radical (unpaired) electrons. The van der Waals surface area contributed by atoms with Crippen LogP contribution in [0.2, 0.25) is 0 Å². The highest BCUT2D eigenvalue weighted by atomic mass is 16.1. The molecule has 2 aromatic heterocycles. The van der Waals surface area contributed by atoms with Crippen LogP contribution in [0, 0.1) is 28.6 Å². The number of carbonyl (C=O) groups is 2. The van der Waals surface area contributed by atoms with Crippen molar-refractivity contribution >= 4 is 35.4 Å². The van der Waals surface area contributed by atoms with Crippen molar-refractivity contribution in [3.8, 4) is 17.9 Å². The summed E-state index contributed by atoms with van der Waals surface area (Å²) in [5.41, 5.74) is 8.07. The summed E-state index contributed by atoms with van der Waals surface area (Å²) in [7, 11) is 2.06. The summed E-state index contributed by atoms with van der Waals surface area (Å²) in [6.45, 7) is 3.49. The summed E-state index contributed by atoms with van der Waals surface area (Å²) >= 11 is 0. The molecule has 5 N–H and O–H groups in total. The number of carbonyl (C=O) groups excluding carboxylic acids is 2. The van der Waals surface area contributed by atoms with Crippen LogP contribution in [0.3, 0.4) is 0 Å². The van der Waals surface area contributed by atoms with Crippen LogP contribution < -0.4 is 16.4 Å². The van der Waals surface area contributed by atoms with E-state index < -0.39 is 0 Å². The summed E-state index contributed by atoms with van der Waals surface area (Å²) < 4.78 is 0. The van der Waals surface area contributed by atoms with E-state index in [1.54, 1.807) is 37.3 Å². The Morgan fingerprint density at radius 3 is 2.55 bits per heavy atom. The predicted molar refractivity (Wildman–Crippen MR) is 145 cm³/mol. The Morgan fingerprint density at radius 1 is 1.21 bits per heavy atom. The van der Waals surface area contributed by atoms with Crippen LogP contribution in [0.4, 0.5) is 17.5 Å². The maximum Gasteiger partial charge on any atom is 0.256 e. The van der Waals surface area contributed by atoms with E-state index in [4.69, 9.17) is 16.4 Å². The van der Waals surface area contributed by atoms with Gasteiger partial charge in [-0.05, 0) is 57.1 Å². The minimum absolute atomic E-state index is 0.164. The Balaban J connectivity index is 0.000000732. The standard InChI is InChI=1S/C23H23N9O.C4H4O/c1-32-9-7-17(12-32)30-22-19(21(26)28-13-29-22)20(25)15-2-4-16(5-3-15)23(33)31-18-10-14(11-24)6-8-27-18;1-2-3-4-5/h2-6,8,10,13,17,25H,7,9,12H2,1H3,(H,27,31,33)(H3,26,28,29,30);4H,1H3. The highest BCUT2D eigenvalue weighted by Gasteiger charge is 2.23. The fourth-order valence-electron chi connectivity index (χ4n) is 3.75. The number of pyridine rings is 1. The van der Waals surface area contributed by atoms with Gasteiger partial charge in [0.15, 0.2) is 6.29 Å². The molecule has 3 aromatic rings.